The van der Waals surface area contributed by atoms with Crippen LogP contribution in [0.4, 0.5) is 11.8 Å². The molecule has 21 heavy (non-hydrogen) atoms. The van der Waals surface area contributed by atoms with Crippen LogP contribution in [0.5, 0.6) is 0 Å². The van der Waals surface area contributed by atoms with Gasteiger partial charge < -0.3 is 10.6 Å². The fourth-order valence-electron chi connectivity index (χ4n) is 2.69. The Morgan fingerprint density at radius 1 is 1.24 bits per heavy atom. The number of hydrogen-bond donors (Lipinski definition) is 2. The molecule has 0 bridgehead atoms. The Labute approximate surface area is 125 Å². The van der Waals surface area contributed by atoms with Crippen molar-refractivity contribution >= 4 is 11.8 Å². The predicted octanol–water partition coefficient (Wildman–Crippen LogP) is 2.20. The monoisotopic (exact) mass is 283 g/mol. The third-order valence-corrected chi connectivity index (χ3v) is 3.77. The van der Waals surface area contributed by atoms with Crippen molar-refractivity contribution in [2.24, 2.45) is 0 Å². The van der Waals surface area contributed by atoms with E-state index in [4.69, 9.17) is 0 Å². The molecule has 1 atom stereocenters. The zero-order valence-corrected chi connectivity index (χ0v) is 12.3. The second-order valence-electron chi connectivity index (χ2n) is 5.37. The van der Waals surface area contributed by atoms with Crippen molar-refractivity contribution < 1.29 is 0 Å². The molecule has 1 saturated heterocycles. The molecule has 2 heterocycles. The molecule has 0 radical (unpaired) electrons. The first kappa shape index (κ1) is 13.8. The minimum atomic E-state index is 0.417. The second kappa shape index (κ2) is 6.54. The van der Waals surface area contributed by atoms with Gasteiger partial charge in [0.1, 0.15) is 5.82 Å². The fourth-order valence-corrected chi connectivity index (χ4v) is 2.69. The summed E-state index contributed by atoms with van der Waals surface area (Å²) < 4.78 is 0. The standard InChI is InChI=1S/C16H21N5/c1-17-15-7-9-18-16(20-15)19-14-8-10-21(12-14)11-13-5-3-2-4-6-13/h2-7,9,14H,8,10-12H2,1H3,(H2,17,18,19,20). The average molecular weight is 283 g/mol. The van der Waals surface area contributed by atoms with Crippen LogP contribution in [0.3, 0.4) is 0 Å². The van der Waals surface area contributed by atoms with E-state index >= 15 is 0 Å². The molecule has 0 saturated carbocycles. The average Bonchev–Trinajstić information content (AvgIpc) is 2.95. The molecule has 1 fully saturated rings. The van der Waals surface area contributed by atoms with E-state index in [-0.39, 0.29) is 0 Å². The van der Waals surface area contributed by atoms with Gasteiger partial charge in [-0.15, -0.1) is 0 Å². The van der Waals surface area contributed by atoms with Gasteiger partial charge in [0.15, 0.2) is 0 Å². The van der Waals surface area contributed by atoms with Crippen LogP contribution in [0.15, 0.2) is 42.6 Å². The molecule has 2 aromatic rings. The van der Waals surface area contributed by atoms with E-state index < -0.39 is 0 Å². The summed E-state index contributed by atoms with van der Waals surface area (Å²) in [7, 11) is 1.86. The normalized spacial score (nSPS) is 18.6. The van der Waals surface area contributed by atoms with Crippen LogP contribution in [0.2, 0.25) is 0 Å². The van der Waals surface area contributed by atoms with E-state index in [1.165, 1.54) is 5.56 Å². The molecule has 1 aliphatic heterocycles. The van der Waals surface area contributed by atoms with Crippen molar-refractivity contribution in [1.82, 2.24) is 14.9 Å². The third-order valence-electron chi connectivity index (χ3n) is 3.77. The number of aromatic nitrogens is 2. The minimum absolute atomic E-state index is 0.417. The van der Waals surface area contributed by atoms with Gasteiger partial charge in [0.05, 0.1) is 0 Å². The summed E-state index contributed by atoms with van der Waals surface area (Å²) >= 11 is 0. The van der Waals surface area contributed by atoms with Crippen molar-refractivity contribution in [1.29, 1.82) is 0 Å². The number of hydrogen-bond acceptors (Lipinski definition) is 5. The van der Waals surface area contributed by atoms with Gasteiger partial charge in [-0.3, -0.25) is 4.90 Å². The summed E-state index contributed by atoms with van der Waals surface area (Å²) in [6.07, 6.45) is 2.90. The van der Waals surface area contributed by atoms with Crippen LogP contribution in [0.25, 0.3) is 0 Å². The van der Waals surface area contributed by atoms with Crippen molar-refractivity contribution in [3.63, 3.8) is 0 Å². The first-order chi connectivity index (χ1) is 10.3. The Morgan fingerprint density at radius 2 is 2.10 bits per heavy atom. The van der Waals surface area contributed by atoms with Crippen LogP contribution in [-0.2, 0) is 6.54 Å². The van der Waals surface area contributed by atoms with Crippen molar-refractivity contribution in [3.8, 4) is 0 Å². The lowest BCUT2D eigenvalue weighted by atomic mass is 10.2. The molecular formula is C16H21N5. The van der Waals surface area contributed by atoms with Gasteiger partial charge in [0.2, 0.25) is 5.95 Å². The molecule has 5 heteroatoms. The maximum absolute atomic E-state index is 4.41. The molecule has 110 valence electrons. The summed E-state index contributed by atoms with van der Waals surface area (Å²) in [5.41, 5.74) is 1.37. The van der Waals surface area contributed by atoms with E-state index in [9.17, 15) is 0 Å². The topological polar surface area (TPSA) is 53.1 Å². The highest BCUT2D eigenvalue weighted by atomic mass is 15.2. The van der Waals surface area contributed by atoms with Crippen molar-refractivity contribution in [3.05, 3.63) is 48.2 Å². The van der Waals surface area contributed by atoms with Crippen LogP contribution in [0.1, 0.15) is 12.0 Å². The molecule has 1 aromatic carbocycles. The number of benzene rings is 1. The molecule has 1 unspecified atom stereocenters. The fraction of sp³-hybridized carbons (Fsp3) is 0.375. The Kier molecular flexibility index (Phi) is 4.31. The van der Waals surface area contributed by atoms with Crippen LogP contribution in [-0.4, -0.2) is 41.0 Å². The SMILES string of the molecule is CNc1ccnc(NC2CCN(Cc3ccccc3)C2)n1. The second-order valence-corrected chi connectivity index (χ2v) is 5.37. The minimum Gasteiger partial charge on any atom is -0.373 e. The van der Waals surface area contributed by atoms with Crippen LogP contribution >= 0.6 is 0 Å². The molecular weight excluding hydrogens is 262 g/mol. The molecule has 1 aliphatic rings. The van der Waals surface area contributed by atoms with Crippen LogP contribution in [0, 0.1) is 0 Å². The lowest BCUT2D eigenvalue weighted by Crippen LogP contribution is -2.26. The largest absolute Gasteiger partial charge is 0.373 e. The van der Waals surface area contributed by atoms with Gasteiger partial charge in [-0.05, 0) is 18.1 Å². The van der Waals surface area contributed by atoms with E-state index in [2.05, 4.69) is 55.8 Å². The summed E-state index contributed by atoms with van der Waals surface area (Å²) in [6.45, 7) is 3.15. The molecule has 0 spiro atoms. The molecule has 3 rings (SSSR count). The number of likely N-dealkylation sites (tertiary alicyclic amines) is 1. The summed E-state index contributed by atoms with van der Waals surface area (Å²) in [6, 6.07) is 12.9. The summed E-state index contributed by atoms with van der Waals surface area (Å²) in [4.78, 5) is 11.2. The smallest absolute Gasteiger partial charge is 0.224 e. The van der Waals surface area contributed by atoms with Crippen LogP contribution < -0.4 is 10.6 Å². The highest BCUT2D eigenvalue weighted by molar-refractivity contribution is 5.39. The predicted molar refractivity (Wildman–Crippen MR) is 85.3 cm³/mol. The Balaban J connectivity index is 1.54. The van der Waals surface area contributed by atoms with Gasteiger partial charge in [0, 0.05) is 38.9 Å². The highest BCUT2D eigenvalue weighted by Crippen LogP contribution is 2.16. The zero-order valence-electron chi connectivity index (χ0n) is 12.3. The summed E-state index contributed by atoms with van der Waals surface area (Å²) in [5.74, 6) is 1.54. The lowest BCUT2D eigenvalue weighted by molar-refractivity contribution is 0.328. The Hall–Kier alpha value is -2.14. The number of rotatable bonds is 5. The first-order valence-electron chi connectivity index (χ1n) is 7.37. The molecule has 1 aromatic heterocycles. The lowest BCUT2D eigenvalue weighted by Gasteiger charge is -2.16. The van der Waals surface area contributed by atoms with Crippen molar-refractivity contribution in [2.75, 3.05) is 30.8 Å². The van der Waals surface area contributed by atoms with E-state index in [1.807, 2.05) is 13.1 Å². The summed E-state index contributed by atoms with van der Waals surface area (Å²) in [5, 5.41) is 6.46. The molecule has 2 N–H and O–H groups in total. The van der Waals surface area contributed by atoms with Gasteiger partial charge in [0.25, 0.3) is 0 Å². The Morgan fingerprint density at radius 3 is 2.90 bits per heavy atom. The number of anilines is 2. The Bertz CT molecular complexity index is 572. The number of nitrogens with one attached hydrogen (secondary N) is 2. The highest BCUT2D eigenvalue weighted by Gasteiger charge is 2.22. The van der Waals surface area contributed by atoms with Gasteiger partial charge in [-0.1, -0.05) is 30.3 Å². The molecule has 0 amide bonds. The van der Waals surface area contributed by atoms with E-state index in [1.54, 1.807) is 6.20 Å². The zero-order chi connectivity index (χ0) is 14.5. The van der Waals surface area contributed by atoms with Gasteiger partial charge in [-0.25, -0.2) is 4.98 Å². The van der Waals surface area contributed by atoms with E-state index in [0.29, 0.717) is 12.0 Å². The maximum atomic E-state index is 4.41. The third kappa shape index (κ3) is 3.70. The quantitative estimate of drug-likeness (QED) is 0.881. The maximum Gasteiger partial charge on any atom is 0.224 e. The van der Waals surface area contributed by atoms with Gasteiger partial charge in [-0.2, -0.15) is 4.98 Å². The first-order valence-corrected chi connectivity index (χ1v) is 7.37. The van der Waals surface area contributed by atoms with Crippen molar-refractivity contribution in [2.45, 2.75) is 19.0 Å². The molecule has 0 aliphatic carbocycles. The number of nitrogens with zero attached hydrogens (tertiary/aromatic N) is 3. The van der Waals surface area contributed by atoms with E-state index in [0.717, 1.165) is 31.9 Å². The van der Waals surface area contributed by atoms with Gasteiger partial charge >= 0.3 is 0 Å². The molecule has 5 nitrogen and oxygen atoms in total.